The zero-order chi connectivity index (χ0) is 13.0. The lowest BCUT2D eigenvalue weighted by Gasteiger charge is -2.12. The summed E-state index contributed by atoms with van der Waals surface area (Å²) in [6.45, 7) is 5.46. The lowest BCUT2D eigenvalue weighted by molar-refractivity contribution is -0.125. The smallest absolute Gasteiger partial charge is 0.223 e. The van der Waals surface area contributed by atoms with Crippen molar-refractivity contribution >= 4 is 5.91 Å². The number of hydrogen-bond donors (Lipinski definition) is 1. The van der Waals surface area contributed by atoms with Gasteiger partial charge in [0.25, 0.3) is 0 Å². The van der Waals surface area contributed by atoms with Gasteiger partial charge in [0, 0.05) is 12.5 Å². The summed E-state index contributed by atoms with van der Waals surface area (Å²) in [6, 6.07) is 0. The Bertz CT molecular complexity index is 264. The van der Waals surface area contributed by atoms with Crippen molar-refractivity contribution < 1.29 is 4.79 Å². The minimum absolute atomic E-state index is 0.337. The van der Waals surface area contributed by atoms with E-state index in [1.165, 1.54) is 44.9 Å². The molecule has 0 heterocycles. The van der Waals surface area contributed by atoms with Crippen LogP contribution in [-0.2, 0) is 4.79 Å². The molecule has 0 spiro atoms. The molecule has 2 rings (SSSR count). The molecule has 0 aromatic heterocycles. The molecule has 18 heavy (non-hydrogen) atoms. The minimum atomic E-state index is 0.337. The molecule has 1 N–H and O–H groups in total. The predicted molar refractivity (Wildman–Crippen MR) is 75.3 cm³/mol. The van der Waals surface area contributed by atoms with Crippen molar-refractivity contribution in [1.82, 2.24) is 5.32 Å². The quantitative estimate of drug-likeness (QED) is 0.654. The lowest BCUT2D eigenvalue weighted by atomic mass is 10.0. The summed E-state index contributed by atoms with van der Waals surface area (Å²) in [4.78, 5) is 11.9. The second kappa shape index (κ2) is 6.58. The van der Waals surface area contributed by atoms with Crippen LogP contribution >= 0.6 is 0 Å². The summed E-state index contributed by atoms with van der Waals surface area (Å²) in [5, 5.41) is 3.13. The first-order valence-corrected chi connectivity index (χ1v) is 7.94. The molecule has 2 atom stereocenters. The highest BCUT2D eigenvalue weighted by atomic mass is 16.1. The van der Waals surface area contributed by atoms with E-state index < -0.39 is 0 Å². The Balaban J connectivity index is 1.42. The second-order valence-corrected chi connectivity index (χ2v) is 6.81. The fraction of sp³-hybridized carbons (Fsp3) is 0.938. The third-order valence-corrected chi connectivity index (χ3v) is 4.62. The average molecular weight is 251 g/mol. The van der Waals surface area contributed by atoms with Crippen molar-refractivity contribution in [3.8, 4) is 0 Å². The van der Waals surface area contributed by atoms with Gasteiger partial charge in [-0.2, -0.15) is 0 Å². The Kier molecular flexibility index (Phi) is 5.08. The molecule has 0 saturated heterocycles. The zero-order valence-electron chi connectivity index (χ0n) is 12.1. The fourth-order valence-corrected chi connectivity index (χ4v) is 3.32. The van der Waals surface area contributed by atoms with Gasteiger partial charge in [-0.3, -0.25) is 4.79 Å². The Morgan fingerprint density at radius 3 is 2.39 bits per heavy atom. The average Bonchev–Trinajstić information content (AvgIpc) is 2.94. The summed E-state index contributed by atoms with van der Waals surface area (Å²) in [5.41, 5.74) is 0. The molecular formula is C16H29NO. The summed E-state index contributed by atoms with van der Waals surface area (Å²) in [6.07, 6.45) is 10.2. The van der Waals surface area contributed by atoms with Crippen LogP contribution in [-0.4, -0.2) is 12.5 Å². The van der Waals surface area contributed by atoms with Gasteiger partial charge in [0.1, 0.15) is 0 Å². The molecule has 2 saturated carbocycles. The highest BCUT2D eigenvalue weighted by molar-refractivity contribution is 5.79. The van der Waals surface area contributed by atoms with Gasteiger partial charge in [-0.15, -0.1) is 0 Å². The van der Waals surface area contributed by atoms with Gasteiger partial charge in [-0.05, 0) is 43.4 Å². The maximum atomic E-state index is 11.9. The SMILES string of the molecule is CC(C)CCCCCCNC(=O)C1CC2CC2C1. The monoisotopic (exact) mass is 251 g/mol. The van der Waals surface area contributed by atoms with E-state index in [4.69, 9.17) is 0 Å². The first-order chi connectivity index (χ1) is 8.66. The van der Waals surface area contributed by atoms with E-state index >= 15 is 0 Å². The van der Waals surface area contributed by atoms with Crippen LogP contribution in [0.5, 0.6) is 0 Å². The molecule has 0 aliphatic heterocycles. The Hall–Kier alpha value is -0.530. The van der Waals surface area contributed by atoms with Crippen LogP contribution in [0.3, 0.4) is 0 Å². The number of hydrogen-bond acceptors (Lipinski definition) is 1. The highest BCUT2D eigenvalue weighted by Gasteiger charge is 2.47. The first kappa shape index (κ1) is 13.9. The van der Waals surface area contributed by atoms with Crippen LogP contribution in [0.25, 0.3) is 0 Å². The topological polar surface area (TPSA) is 29.1 Å². The van der Waals surface area contributed by atoms with Gasteiger partial charge in [0.15, 0.2) is 0 Å². The maximum Gasteiger partial charge on any atom is 0.223 e. The molecule has 0 radical (unpaired) electrons. The molecule has 0 aromatic carbocycles. The molecule has 2 fully saturated rings. The number of carbonyl (C=O) groups is 1. The van der Waals surface area contributed by atoms with E-state index in [0.717, 1.165) is 30.7 Å². The first-order valence-electron chi connectivity index (χ1n) is 7.94. The molecule has 2 heteroatoms. The van der Waals surface area contributed by atoms with E-state index in [2.05, 4.69) is 19.2 Å². The molecule has 2 aliphatic carbocycles. The van der Waals surface area contributed by atoms with Crippen molar-refractivity contribution in [1.29, 1.82) is 0 Å². The van der Waals surface area contributed by atoms with Crippen molar-refractivity contribution in [2.75, 3.05) is 6.54 Å². The lowest BCUT2D eigenvalue weighted by Crippen LogP contribution is -2.30. The molecule has 2 aliphatic rings. The van der Waals surface area contributed by atoms with Gasteiger partial charge in [0.05, 0.1) is 0 Å². The van der Waals surface area contributed by atoms with Gasteiger partial charge < -0.3 is 5.32 Å². The summed E-state index contributed by atoms with van der Waals surface area (Å²) >= 11 is 0. The maximum absolute atomic E-state index is 11.9. The van der Waals surface area contributed by atoms with E-state index in [1.807, 2.05) is 0 Å². The van der Waals surface area contributed by atoms with Gasteiger partial charge in [-0.25, -0.2) is 0 Å². The molecular weight excluding hydrogens is 222 g/mol. The number of amides is 1. The number of nitrogens with one attached hydrogen (secondary N) is 1. The number of carbonyl (C=O) groups excluding carboxylic acids is 1. The van der Waals surface area contributed by atoms with E-state index in [9.17, 15) is 4.79 Å². The van der Waals surface area contributed by atoms with Crippen LogP contribution in [0.15, 0.2) is 0 Å². The Morgan fingerprint density at radius 2 is 1.72 bits per heavy atom. The molecule has 1 amide bonds. The molecule has 104 valence electrons. The summed E-state index contributed by atoms with van der Waals surface area (Å²) < 4.78 is 0. The van der Waals surface area contributed by atoms with Gasteiger partial charge in [0.2, 0.25) is 5.91 Å². The van der Waals surface area contributed by atoms with Crippen molar-refractivity contribution in [3.05, 3.63) is 0 Å². The van der Waals surface area contributed by atoms with Crippen LogP contribution in [0.1, 0.15) is 65.2 Å². The van der Waals surface area contributed by atoms with Crippen molar-refractivity contribution in [2.45, 2.75) is 65.2 Å². The Morgan fingerprint density at radius 1 is 1.06 bits per heavy atom. The molecule has 2 unspecified atom stereocenters. The molecule has 0 bridgehead atoms. The minimum Gasteiger partial charge on any atom is -0.356 e. The van der Waals surface area contributed by atoms with Crippen LogP contribution in [0, 0.1) is 23.7 Å². The summed E-state index contributed by atoms with van der Waals surface area (Å²) in [7, 11) is 0. The van der Waals surface area contributed by atoms with Gasteiger partial charge in [-0.1, -0.05) is 39.5 Å². The van der Waals surface area contributed by atoms with Crippen molar-refractivity contribution in [3.63, 3.8) is 0 Å². The number of unbranched alkanes of at least 4 members (excludes halogenated alkanes) is 3. The van der Waals surface area contributed by atoms with E-state index in [0.29, 0.717) is 11.8 Å². The third-order valence-electron chi connectivity index (χ3n) is 4.62. The normalized spacial score (nSPS) is 29.4. The molecule has 0 aromatic rings. The predicted octanol–water partition coefficient (Wildman–Crippen LogP) is 3.76. The number of rotatable bonds is 8. The highest BCUT2D eigenvalue weighted by Crippen LogP contribution is 2.54. The summed E-state index contributed by atoms with van der Waals surface area (Å²) in [5.74, 6) is 3.35. The molecule has 2 nitrogen and oxygen atoms in total. The van der Waals surface area contributed by atoms with E-state index in [1.54, 1.807) is 0 Å². The van der Waals surface area contributed by atoms with E-state index in [-0.39, 0.29) is 0 Å². The standard InChI is InChI=1S/C16H29NO/c1-12(2)7-5-3-4-6-8-17-16(18)15-10-13-9-14(13)11-15/h12-15H,3-11H2,1-2H3,(H,17,18). The fourth-order valence-electron chi connectivity index (χ4n) is 3.32. The largest absolute Gasteiger partial charge is 0.356 e. The third kappa shape index (κ3) is 4.29. The van der Waals surface area contributed by atoms with Crippen molar-refractivity contribution in [2.24, 2.45) is 23.7 Å². The van der Waals surface area contributed by atoms with Crippen LogP contribution < -0.4 is 5.32 Å². The zero-order valence-corrected chi connectivity index (χ0v) is 12.1. The van der Waals surface area contributed by atoms with Gasteiger partial charge >= 0.3 is 0 Å². The van der Waals surface area contributed by atoms with Crippen LogP contribution in [0.2, 0.25) is 0 Å². The second-order valence-electron chi connectivity index (χ2n) is 6.81. The van der Waals surface area contributed by atoms with Crippen LogP contribution in [0.4, 0.5) is 0 Å². The number of fused-ring (bicyclic) bond motifs is 1. The Labute approximate surface area is 112 Å².